The monoisotopic (exact) mass is 993 g/mol. The van der Waals surface area contributed by atoms with Crippen LogP contribution in [0.4, 0.5) is 0 Å². The third-order valence-electron chi connectivity index (χ3n) is 23.4. The Balaban J connectivity index is 1.18. The number of hydrogen-bond acceptors (Lipinski definition) is 12. The smallest absolute Gasteiger partial charge is 0.310 e. The average Bonchev–Trinajstić information content (AvgIpc) is 4.14. The van der Waals surface area contributed by atoms with Crippen molar-refractivity contribution in [2.75, 3.05) is 26.4 Å². The van der Waals surface area contributed by atoms with Crippen LogP contribution in [0, 0.1) is 73.4 Å². The number of nitrogens with one attached hydrogen (secondary N) is 2. The van der Waals surface area contributed by atoms with Gasteiger partial charge < -0.3 is 61.3 Å². The molecule has 0 bridgehead atoms. The van der Waals surface area contributed by atoms with Gasteiger partial charge in [-0.25, -0.2) is 4.98 Å². The van der Waals surface area contributed by atoms with Crippen molar-refractivity contribution in [2.45, 2.75) is 205 Å². The van der Waals surface area contributed by atoms with Crippen LogP contribution in [0.15, 0.2) is 24.2 Å². The van der Waals surface area contributed by atoms with Crippen molar-refractivity contribution in [1.82, 2.24) is 15.3 Å². The van der Waals surface area contributed by atoms with E-state index in [0.29, 0.717) is 51.5 Å². The largest absolute Gasteiger partial charge is 0.481 e. The van der Waals surface area contributed by atoms with Gasteiger partial charge in [0.2, 0.25) is 5.91 Å². The predicted octanol–water partition coefficient (Wildman–Crippen LogP) is 5.71. The summed E-state index contributed by atoms with van der Waals surface area (Å²) < 4.78 is 12.9. The zero-order valence-electron chi connectivity index (χ0n) is 43.1. The highest BCUT2D eigenvalue weighted by Crippen LogP contribution is 2.80. The molecule has 2 aliphatic heterocycles. The Morgan fingerprint density at radius 3 is 2.28 bits per heavy atom. The van der Waals surface area contributed by atoms with Gasteiger partial charge in [-0.2, -0.15) is 0 Å². The molecule has 11 N–H and O–H groups in total. The average molecular weight is 993 g/mol. The number of rotatable bonds is 13. The van der Waals surface area contributed by atoms with E-state index >= 15 is 4.79 Å². The molecule has 6 saturated carbocycles. The van der Waals surface area contributed by atoms with Crippen LogP contribution in [0.2, 0.25) is 0 Å². The van der Waals surface area contributed by atoms with Crippen molar-refractivity contribution >= 4 is 11.9 Å². The maximum Gasteiger partial charge on any atom is 0.310 e. The summed E-state index contributed by atoms with van der Waals surface area (Å²) in [6.45, 7) is 8.99. The standard InChI is InChI=1S/C56H88N4O11/c1-50(29-61)20-22-55(49(68)69)23-21-52(3)34(37(55)26-50)14-15-41-53(52,4)19-16-40-51(2,30-62)46(71-47-45(66)44(65)39(63)28-70-47)43(64)36(56(40,41)32-11-6-5-7-12-32)25-35-42(60-48(67)54(35)17-8-9-18-54)33(13-10-24-57)38-27-58-31-59-38/h14,27,31-33,35-37,39-47,61-66H,5-13,15-26,28-30,57H2,1-4H3,(H,58,59)(H,60,67)(H,68,69). The minimum absolute atomic E-state index is 0.000560. The molecule has 19 unspecified atom stereocenters. The summed E-state index contributed by atoms with van der Waals surface area (Å²) in [6, 6.07) is -0.285. The summed E-state index contributed by atoms with van der Waals surface area (Å²) in [7, 11) is 0. The molecule has 7 aliphatic carbocycles. The van der Waals surface area contributed by atoms with Crippen LogP contribution in [0.5, 0.6) is 0 Å². The second kappa shape index (κ2) is 19.0. The van der Waals surface area contributed by atoms with Crippen LogP contribution < -0.4 is 11.1 Å². The zero-order chi connectivity index (χ0) is 50.5. The molecule has 2 saturated heterocycles. The first-order valence-corrected chi connectivity index (χ1v) is 28.0. The van der Waals surface area contributed by atoms with Crippen LogP contribution in [-0.4, -0.2) is 127 Å². The topological polar surface area (TPSA) is 261 Å². The number of allylic oxidation sites excluding steroid dienone is 2. The summed E-state index contributed by atoms with van der Waals surface area (Å²) in [6.07, 6.45) is 13.7. The molecule has 15 heteroatoms. The first-order valence-electron chi connectivity index (χ1n) is 28.0. The summed E-state index contributed by atoms with van der Waals surface area (Å²) >= 11 is 0. The van der Waals surface area contributed by atoms with Gasteiger partial charge in [0.05, 0.1) is 42.6 Å². The number of carbonyl (C=O) groups excluding carboxylic acids is 1. The number of carboxylic acids is 1. The summed E-state index contributed by atoms with van der Waals surface area (Å²) in [5.41, 5.74) is 4.04. The number of hydrogen-bond donors (Lipinski definition) is 10. The quantitative estimate of drug-likeness (QED) is 0.0840. The Kier molecular flexibility index (Phi) is 13.9. The van der Waals surface area contributed by atoms with E-state index in [1.165, 1.54) is 5.57 Å². The zero-order valence-corrected chi connectivity index (χ0v) is 43.1. The van der Waals surface area contributed by atoms with Gasteiger partial charge in [-0.15, -0.1) is 0 Å². The molecule has 8 fully saturated rings. The lowest BCUT2D eigenvalue weighted by Gasteiger charge is -2.76. The fourth-order valence-electron chi connectivity index (χ4n) is 19.4. The third-order valence-corrected chi connectivity index (χ3v) is 23.4. The van der Waals surface area contributed by atoms with E-state index in [1.807, 2.05) is 6.20 Å². The number of H-pyrrole nitrogens is 1. The number of aromatic nitrogens is 2. The van der Waals surface area contributed by atoms with Crippen molar-refractivity contribution in [1.29, 1.82) is 0 Å². The molecule has 10 rings (SSSR count). The van der Waals surface area contributed by atoms with Crippen molar-refractivity contribution in [3.05, 3.63) is 29.9 Å². The second-order valence-corrected chi connectivity index (χ2v) is 26.1. The summed E-state index contributed by atoms with van der Waals surface area (Å²) in [4.78, 5) is 36.6. The van der Waals surface area contributed by atoms with Gasteiger partial charge in [-0.05, 0) is 160 Å². The Hall–Kier alpha value is -2.47. The molecular weight excluding hydrogens is 905 g/mol. The lowest BCUT2D eigenvalue weighted by atomic mass is 9.29. The number of aliphatic hydroxyl groups excluding tert-OH is 6. The highest BCUT2D eigenvalue weighted by Gasteiger charge is 2.76. The minimum Gasteiger partial charge on any atom is -0.481 e. The number of nitrogens with two attached hydrogens (primary N) is 1. The third kappa shape index (κ3) is 7.58. The lowest BCUT2D eigenvalue weighted by Crippen LogP contribution is -2.75. The van der Waals surface area contributed by atoms with E-state index in [9.17, 15) is 40.5 Å². The maximum atomic E-state index is 15.0. The number of carboxylic acid groups (broad SMARTS) is 1. The number of aliphatic carboxylic acids is 1. The van der Waals surface area contributed by atoms with E-state index in [0.717, 1.165) is 89.2 Å². The number of imidazole rings is 1. The number of amides is 1. The van der Waals surface area contributed by atoms with Crippen LogP contribution >= 0.6 is 0 Å². The first kappa shape index (κ1) is 52.0. The number of fused-ring (bicyclic) bond motifs is 7. The van der Waals surface area contributed by atoms with Crippen LogP contribution in [0.1, 0.15) is 168 Å². The first-order chi connectivity index (χ1) is 33.9. The van der Waals surface area contributed by atoms with Gasteiger partial charge in [-0.3, -0.25) is 9.59 Å². The number of aromatic amines is 1. The highest BCUT2D eigenvalue weighted by molar-refractivity contribution is 5.86. The van der Waals surface area contributed by atoms with Crippen LogP contribution in [-0.2, 0) is 19.1 Å². The molecule has 1 aromatic rings. The number of nitrogens with zero attached hydrogens (tertiary/aromatic N) is 1. The van der Waals surface area contributed by atoms with Crippen LogP contribution in [0.25, 0.3) is 0 Å². The van der Waals surface area contributed by atoms with E-state index in [2.05, 4.69) is 49.1 Å². The van der Waals surface area contributed by atoms with Gasteiger partial charge in [0, 0.05) is 35.9 Å². The fraction of sp³-hybridized carbons (Fsp3) is 0.875. The molecule has 9 aliphatic rings. The fourth-order valence-corrected chi connectivity index (χ4v) is 19.4. The van der Waals surface area contributed by atoms with E-state index in [-0.39, 0.29) is 78.1 Å². The Labute approximate surface area is 420 Å². The second-order valence-electron chi connectivity index (χ2n) is 26.1. The predicted molar refractivity (Wildman–Crippen MR) is 264 cm³/mol. The lowest BCUT2D eigenvalue weighted by molar-refractivity contribution is -0.350. The summed E-state index contributed by atoms with van der Waals surface area (Å²) in [5, 5.41) is 84.8. The maximum absolute atomic E-state index is 15.0. The van der Waals surface area contributed by atoms with Gasteiger partial charge in [0.25, 0.3) is 0 Å². The van der Waals surface area contributed by atoms with E-state index in [1.54, 1.807) is 6.33 Å². The molecule has 1 amide bonds. The number of carbonyl (C=O) groups is 2. The molecule has 0 aromatic carbocycles. The SMILES string of the molecule is CC1(CO)CCC2(C(=O)O)CCC3(C)C(=CCC4C5(C6CCCCC6)C(CC6C(C(CCCN)c7cnc[nH]7)NC(=O)C67CCCC7)C(O)C(OC6OCC(O)C(O)C6O)C(C)(CO)C5CCC43C)C2C1. The van der Waals surface area contributed by atoms with Crippen molar-refractivity contribution in [3.8, 4) is 0 Å². The minimum atomic E-state index is -1.61. The van der Waals surface area contributed by atoms with E-state index < -0.39 is 75.8 Å². The van der Waals surface area contributed by atoms with Gasteiger partial charge in [-0.1, -0.05) is 71.4 Å². The molecular formula is C56H88N4O11. The van der Waals surface area contributed by atoms with Crippen molar-refractivity contribution in [3.63, 3.8) is 0 Å². The number of aliphatic hydroxyl groups is 6. The molecule has 71 heavy (non-hydrogen) atoms. The summed E-state index contributed by atoms with van der Waals surface area (Å²) in [5.74, 6) is -1.67. The van der Waals surface area contributed by atoms with Gasteiger partial charge in [0.15, 0.2) is 6.29 Å². The van der Waals surface area contributed by atoms with Gasteiger partial charge in [0.1, 0.15) is 18.3 Å². The molecule has 1 aromatic heterocycles. The molecule has 3 heterocycles. The molecule has 398 valence electrons. The molecule has 0 radical (unpaired) electrons. The van der Waals surface area contributed by atoms with Crippen molar-refractivity contribution < 1.29 is 54.8 Å². The molecule has 15 nitrogen and oxygen atoms in total. The highest BCUT2D eigenvalue weighted by atomic mass is 16.7. The molecule has 1 spiro atoms. The van der Waals surface area contributed by atoms with Crippen molar-refractivity contribution in [2.24, 2.45) is 79.1 Å². The number of ether oxygens (including phenoxy) is 2. The normalized spacial score (nSPS) is 47.9. The van der Waals surface area contributed by atoms with Crippen LogP contribution in [0.3, 0.4) is 0 Å². The Bertz CT molecular complexity index is 2130. The Morgan fingerprint density at radius 1 is 0.887 bits per heavy atom. The van der Waals surface area contributed by atoms with Gasteiger partial charge >= 0.3 is 5.97 Å². The molecule has 19 atom stereocenters. The van der Waals surface area contributed by atoms with E-state index in [4.69, 9.17) is 15.2 Å². The Morgan fingerprint density at radius 2 is 1.62 bits per heavy atom.